The van der Waals surface area contributed by atoms with Gasteiger partial charge in [-0.2, -0.15) is 0 Å². The van der Waals surface area contributed by atoms with E-state index in [4.69, 9.17) is 5.11 Å². The average molecular weight is 218 g/mol. The largest absolute Gasteiger partial charge is 0.508 e. The van der Waals surface area contributed by atoms with E-state index in [1.165, 1.54) is 14.3 Å². The van der Waals surface area contributed by atoms with Gasteiger partial charge in [-0.1, -0.05) is 12.1 Å². The number of carbonyl (C=O) groups is 2. The van der Waals surface area contributed by atoms with Gasteiger partial charge in [-0.25, -0.2) is 0 Å². The van der Waals surface area contributed by atoms with E-state index in [-0.39, 0.29) is 11.5 Å². The monoisotopic (exact) mass is 218 g/mol. The van der Waals surface area contributed by atoms with Crippen LogP contribution in [0, 0.1) is 0 Å². The summed E-state index contributed by atoms with van der Waals surface area (Å²) in [5.41, 5.74) is 0.921. The number of ketones is 1. The molecule has 1 rings (SSSR count). The predicted molar refractivity (Wildman–Crippen MR) is 61.9 cm³/mol. The van der Waals surface area contributed by atoms with Crippen LogP contribution in [0.5, 0.6) is 5.75 Å². The summed E-state index contributed by atoms with van der Waals surface area (Å²) in [6.45, 7) is 1.47. The smallest absolute Gasteiger partial charge is 0.290 e. The van der Waals surface area contributed by atoms with Gasteiger partial charge in [-0.05, 0) is 31.0 Å². The fourth-order valence-electron chi connectivity index (χ4n) is 1.34. The number of hydrogen-bond donors (Lipinski definition) is 2. The van der Waals surface area contributed by atoms with E-state index in [1.54, 1.807) is 24.3 Å². The molecule has 4 nitrogen and oxygen atoms in total. The molecular formula is C11H13BNO3. The summed E-state index contributed by atoms with van der Waals surface area (Å²) in [7, 11) is 1.21. The van der Waals surface area contributed by atoms with Crippen LogP contribution in [0.15, 0.2) is 24.3 Å². The van der Waals surface area contributed by atoms with Crippen LogP contribution in [0.2, 0.25) is 0 Å². The number of phenolic OH excluding ortho intramolecular Hbond substituents is 1. The first-order valence-corrected chi connectivity index (χ1v) is 4.95. The van der Waals surface area contributed by atoms with Crippen molar-refractivity contribution in [2.75, 3.05) is 0 Å². The normalized spacial score (nSPS) is 11.8. The summed E-state index contributed by atoms with van der Waals surface area (Å²) in [5.74, 6) is 0.154. The summed E-state index contributed by atoms with van der Waals surface area (Å²) < 4.78 is 0. The first-order valence-electron chi connectivity index (χ1n) is 4.95. The number of Topliss-reactive ketones (excluding diaryl/α,β-unsaturated/α-hetero) is 1. The Morgan fingerprint density at radius 2 is 2.12 bits per heavy atom. The van der Waals surface area contributed by atoms with Gasteiger partial charge in [0.2, 0.25) is 0 Å². The first-order chi connectivity index (χ1) is 7.63. The second-order valence-electron chi connectivity index (χ2n) is 3.50. The Hall–Kier alpha value is -1.62. The number of benzene rings is 1. The summed E-state index contributed by atoms with van der Waals surface area (Å²) in [5, 5.41) is 11.8. The van der Waals surface area contributed by atoms with Crippen molar-refractivity contribution < 1.29 is 14.7 Å². The Morgan fingerprint density at radius 3 is 2.62 bits per heavy atom. The van der Waals surface area contributed by atoms with Gasteiger partial charge in [0.1, 0.15) is 11.5 Å². The minimum absolute atomic E-state index is 0.0359. The van der Waals surface area contributed by atoms with Crippen molar-refractivity contribution in [2.45, 2.75) is 19.4 Å². The molecule has 1 aromatic carbocycles. The third kappa shape index (κ3) is 3.86. The summed E-state index contributed by atoms with van der Waals surface area (Å²) >= 11 is 0. The van der Waals surface area contributed by atoms with Crippen molar-refractivity contribution in [1.82, 2.24) is 5.23 Å². The van der Waals surface area contributed by atoms with Crippen molar-refractivity contribution in [2.24, 2.45) is 0 Å². The van der Waals surface area contributed by atoms with Gasteiger partial charge in [0.25, 0.3) is 7.41 Å². The molecule has 2 N–H and O–H groups in total. The molecule has 1 atom stereocenters. The van der Waals surface area contributed by atoms with E-state index >= 15 is 0 Å². The van der Waals surface area contributed by atoms with Crippen molar-refractivity contribution in [3.8, 4) is 5.75 Å². The first kappa shape index (κ1) is 12.5. The molecule has 0 saturated carbocycles. The van der Waals surface area contributed by atoms with E-state index in [0.717, 1.165) is 5.56 Å². The summed E-state index contributed by atoms with van der Waals surface area (Å²) in [6, 6.07) is 6.21. The average Bonchev–Trinajstić information content (AvgIpc) is 2.26. The van der Waals surface area contributed by atoms with E-state index in [9.17, 15) is 9.59 Å². The van der Waals surface area contributed by atoms with Crippen LogP contribution in [-0.4, -0.2) is 30.5 Å². The van der Waals surface area contributed by atoms with E-state index in [1.807, 2.05) is 0 Å². The van der Waals surface area contributed by atoms with Crippen LogP contribution in [0.1, 0.15) is 12.5 Å². The topological polar surface area (TPSA) is 66.4 Å². The van der Waals surface area contributed by atoms with Gasteiger partial charge in [-0.15, -0.1) is 0 Å². The fraction of sp³-hybridized carbons (Fsp3) is 0.273. The quantitative estimate of drug-likeness (QED) is 0.532. The molecule has 0 aromatic heterocycles. The lowest BCUT2D eigenvalue weighted by atomic mass is 9.92. The highest BCUT2D eigenvalue weighted by Gasteiger charge is 2.13. The zero-order valence-corrected chi connectivity index (χ0v) is 9.01. The van der Waals surface area contributed by atoms with Crippen LogP contribution in [-0.2, 0) is 16.0 Å². The molecule has 0 aliphatic heterocycles. The molecular weight excluding hydrogens is 205 g/mol. The zero-order chi connectivity index (χ0) is 12.0. The molecule has 83 valence electrons. The standard InChI is InChI=1S/C11H13BNO3/c1-8(15)11(13-12-7-14)6-9-2-4-10(16)5-3-9/h2-5,7,11,13,16H,6H2,1H3/t11-/m0/s1. The van der Waals surface area contributed by atoms with E-state index in [2.05, 4.69) is 5.23 Å². The molecule has 0 unspecified atom stereocenters. The van der Waals surface area contributed by atoms with Crippen LogP contribution in [0.3, 0.4) is 0 Å². The maximum absolute atomic E-state index is 11.3. The lowest BCUT2D eigenvalue weighted by Crippen LogP contribution is -2.40. The van der Waals surface area contributed by atoms with Gasteiger partial charge in [-0.3, -0.25) is 4.79 Å². The van der Waals surface area contributed by atoms with Gasteiger partial charge < -0.3 is 15.1 Å². The number of hydrogen-bond acceptors (Lipinski definition) is 4. The van der Waals surface area contributed by atoms with Gasteiger partial charge in [0.15, 0.2) is 0 Å². The lowest BCUT2D eigenvalue weighted by Gasteiger charge is -2.13. The van der Waals surface area contributed by atoms with Gasteiger partial charge in [0, 0.05) is 0 Å². The van der Waals surface area contributed by atoms with Crippen LogP contribution in [0.4, 0.5) is 0 Å². The Morgan fingerprint density at radius 1 is 1.50 bits per heavy atom. The molecule has 0 heterocycles. The lowest BCUT2D eigenvalue weighted by molar-refractivity contribution is -0.118. The minimum atomic E-state index is -0.408. The Kier molecular flexibility index (Phi) is 4.73. The summed E-state index contributed by atoms with van der Waals surface area (Å²) in [4.78, 5) is 21.4. The molecule has 0 saturated heterocycles. The molecule has 0 fully saturated rings. The van der Waals surface area contributed by atoms with E-state index in [0.29, 0.717) is 12.6 Å². The molecule has 0 aliphatic carbocycles. The molecule has 0 aliphatic rings. The predicted octanol–water partition coefficient (Wildman–Crippen LogP) is 0.291. The summed E-state index contributed by atoms with van der Waals surface area (Å²) in [6.07, 6.45) is 1.09. The van der Waals surface area contributed by atoms with Crippen LogP contribution < -0.4 is 5.23 Å². The highest BCUT2D eigenvalue weighted by atomic mass is 16.3. The molecule has 1 radical (unpaired) electrons. The number of aromatic hydroxyl groups is 1. The number of carbonyl (C=O) groups excluding carboxylic acids is 2. The highest BCUT2D eigenvalue weighted by Crippen LogP contribution is 2.11. The SMILES string of the molecule is CC(=O)[C@H](Cc1ccc(O)cc1)N[B]C=O. The highest BCUT2D eigenvalue weighted by molar-refractivity contribution is 6.64. The maximum atomic E-state index is 11.3. The number of rotatable bonds is 6. The van der Waals surface area contributed by atoms with Gasteiger partial charge >= 0.3 is 0 Å². The number of nitrogens with one attached hydrogen (secondary N) is 1. The van der Waals surface area contributed by atoms with Crippen LogP contribution in [0.25, 0.3) is 0 Å². The van der Waals surface area contributed by atoms with Crippen molar-refractivity contribution >= 4 is 19.4 Å². The maximum Gasteiger partial charge on any atom is 0.290 e. The molecule has 0 spiro atoms. The Bertz CT molecular complexity index is 364. The Balaban J connectivity index is 2.63. The molecule has 0 amide bonds. The second kappa shape index (κ2) is 6.07. The molecule has 0 bridgehead atoms. The minimum Gasteiger partial charge on any atom is -0.508 e. The van der Waals surface area contributed by atoms with Crippen molar-refractivity contribution in [1.29, 1.82) is 0 Å². The van der Waals surface area contributed by atoms with Crippen molar-refractivity contribution in [3.05, 3.63) is 29.8 Å². The number of phenols is 1. The second-order valence-corrected chi connectivity index (χ2v) is 3.50. The Labute approximate surface area is 94.9 Å². The molecule has 16 heavy (non-hydrogen) atoms. The fourth-order valence-corrected chi connectivity index (χ4v) is 1.34. The third-order valence-corrected chi connectivity index (χ3v) is 2.23. The van der Waals surface area contributed by atoms with E-state index < -0.39 is 6.04 Å². The third-order valence-electron chi connectivity index (χ3n) is 2.23. The zero-order valence-electron chi connectivity index (χ0n) is 9.01. The molecule has 5 heteroatoms. The van der Waals surface area contributed by atoms with Crippen molar-refractivity contribution in [3.63, 3.8) is 0 Å². The molecule has 1 aromatic rings. The van der Waals surface area contributed by atoms with Crippen LogP contribution >= 0.6 is 0 Å². The van der Waals surface area contributed by atoms with Gasteiger partial charge in [0.05, 0.1) is 12.2 Å².